The molecule has 3 amide bonds. The predicted molar refractivity (Wildman–Crippen MR) is 148 cm³/mol. The van der Waals surface area contributed by atoms with Gasteiger partial charge in [0.1, 0.15) is 11.9 Å². The summed E-state index contributed by atoms with van der Waals surface area (Å²) in [5, 5.41) is 6.03. The number of thioether (sulfide) groups is 1. The summed E-state index contributed by atoms with van der Waals surface area (Å²) in [7, 11) is 0. The number of benzene rings is 2. The molecule has 1 saturated heterocycles. The van der Waals surface area contributed by atoms with Gasteiger partial charge in [-0.15, -0.1) is 11.8 Å². The highest BCUT2D eigenvalue weighted by Gasteiger charge is 2.61. The number of imide groups is 1. The van der Waals surface area contributed by atoms with Crippen LogP contribution in [0.15, 0.2) is 41.3 Å². The normalized spacial score (nSPS) is 29.2. The maximum absolute atomic E-state index is 15.1. The summed E-state index contributed by atoms with van der Waals surface area (Å²) >= 11 is 1.57. The SMILES string of the molecule is CC1(C)[C@@H]2CC[C@@]1(C)[C@@H](NCc1ccc(CSc3cccc4c3CN(C3CCC(=O)NC3=O)C4=O)cc1F)C2. The fourth-order valence-corrected chi connectivity index (χ4v) is 8.45. The highest BCUT2D eigenvalue weighted by Crippen LogP contribution is 2.65. The smallest absolute Gasteiger partial charge is 0.255 e. The molecule has 1 unspecified atom stereocenters. The number of halogens is 1. The molecule has 2 heterocycles. The van der Waals surface area contributed by atoms with E-state index in [-0.39, 0.29) is 29.5 Å². The molecule has 4 atom stereocenters. The van der Waals surface area contributed by atoms with Crippen LogP contribution in [0.4, 0.5) is 4.39 Å². The topological polar surface area (TPSA) is 78.5 Å². The summed E-state index contributed by atoms with van der Waals surface area (Å²) in [6.45, 7) is 8.05. The standard InChI is InChI=1S/C31H36FN3O3S/c1-30(2)20-11-12-31(30,3)26(14-20)33-15-19-8-7-18(13-23(19)32)17-39-25-6-4-5-21-22(25)16-35(29(21)38)24-9-10-27(36)34-28(24)37/h4-8,13,20,24,26,33H,9-12,14-17H2,1-3H3,(H,34,36,37)/t20-,24?,26+,31+/m1/s1. The van der Waals surface area contributed by atoms with Gasteiger partial charge in [-0.1, -0.05) is 39.0 Å². The van der Waals surface area contributed by atoms with E-state index in [4.69, 9.17) is 0 Å². The van der Waals surface area contributed by atoms with Crippen LogP contribution in [0.2, 0.25) is 0 Å². The van der Waals surface area contributed by atoms with Crippen molar-refractivity contribution in [1.82, 2.24) is 15.5 Å². The highest BCUT2D eigenvalue weighted by molar-refractivity contribution is 7.98. The molecule has 0 radical (unpaired) electrons. The Morgan fingerprint density at radius 2 is 1.95 bits per heavy atom. The highest BCUT2D eigenvalue weighted by atomic mass is 32.2. The lowest BCUT2D eigenvalue weighted by molar-refractivity contribution is -0.136. The van der Waals surface area contributed by atoms with Crippen LogP contribution >= 0.6 is 11.8 Å². The van der Waals surface area contributed by atoms with Gasteiger partial charge in [0.15, 0.2) is 0 Å². The van der Waals surface area contributed by atoms with E-state index in [9.17, 15) is 14.4 Å². The molecule has 8 heteroatoms. The third-order valence-corrected chi connectivity index (χ3v) is 11.6. The number of fused-ring (bicyclic) bond motifs is 3. The van der Waals surface area contributed by atoms with E-state index in [2.05, 4.69) is 31.4 Å². The lowest BCUT2D eigenvalue weighted by atomic mass is 9.69. The van der Waals surface area contributed by atoms with Gasteiger partial charge in [0.2, 0.25) is 11.8 Å². The number of hydrogen-bond acceptors (Lipinski definition) is 5. The second kappa shape index (κ2) is 9.73. The van der Waals surface area contributed by atoms with Crippen molar-refractivity contribution in [2.45, 2.75) is 88.7 Å². The van der Waals surface area contributed by atoms with Crippen molar-refractivity contribution in [1.29, 1.82) is 0 Å². The Morgan fingerprint density at radius 3 is 2.64 bits per heavy atom. The van der Waals surface area contributed by atoms with Gasteiger partial charge >= 0.3 is 0 Å². The third-order valence-electron chi connectivity index (χ3n) is 10.4. The number of carbonyl (C=O) groups excluding carboxylic acids is 3. The van der Waals surface area contributed by atoms with Gasteiger partial charge in [0.05, 0.1) is 0 Å². The lowest BCUT2D eigenvalue weighted by Gasteiger charge is -2.39. The first kappa shape index (κ1) is 26.5. The van der Waals surface area contributed by atoms with Crippen LogP contribution in [0, 0.1) is 22.6 Å². The van der Waals surface area contributed by atoms with Crippen LogP contribution in [-0.4, -0.2) is 34.7 Å². The summed E-state index contributed by atoms with van der Waals surface area (Å²) in [4.78, 5) is 39.5. The summed E-state index contributed by atoms with van der Waals surface area (Å²) in [5.74, 6) is 0.238. The summed E-state index contributed by atoms with van der Waals surface area (Å²) < 4.78 is 15.1. The molecule has 3 fully saturated rings. The van der Waals surface area contributed by atoms with Crippen molar-refractivity contribution in [3.05, 3.63) is 64.5 Å². The fraction of sp³-hybridized carbons (Fsp3) is 0.516. The van der Waals surface area contributed by atoms with E-state index < -0.39 is 11.9 Å². The second-order valence-electron chi connectivity index (χ2n) is 12.4. The molecule has 0 spiro atoms. The predicted octanol–water partition coefficient (Wildman–Crippen LogP) is 5.18. The van der Waals surface area contributed by atoms with Crippen molar-refractivity contribution < 1.29 is 18.8 Å². The van der Waals surface area contributed by atoms with Crippen molar-refractivity contribution in [2.24, 2.45) is 16.7 Å². The van der Waals surface area contributed by atoms with Gasteiger partial charge < -0.3 is 10.2 Å². The Labute approximate surface area is 233 Å². The molecule has 2 aliphatic heterocycles. The molecule has 2 saturated carbocycles. The van der Waals surface area contributed by atoms with Crippen LogP contribution in [0.25, 0.3) is 0 Å². The average Bonchev–Trinajstić information content (AvgIpc) is 3.42. The molecule has 2 aromatic rings. The molecule has 2 bridgehead atoms. The molecule has 6 rings (SSSR count). The van der Waals surface area contributed by atoms with E-state index in [1.807, 2.05) is 24.3 Å². The van der Waals surface area contributed by atoms with Gasteiger partial charge in [-0.2, -0.15) is 0 Å². The molecule has 4 aliphatic rings. The Bertz CT molecular complexity index is 1360. The maximum Gasteiger partial charge on any atom is 0.255 e. The summed E-state index contributed by atoms with van der Waals surface area (Å²) in [6.07, 6.45) is 4.28. The van der Waals surface area contributed by atoms with Crippen LogP contribution in [-0.2, 0) is 28.4 Å². The molecule has 206 valence electrons. The zero-order valence-corrected chi connectivity index (χ0v) is 23.6. The largest absolute Gasteiger partial charge is 0.322 e. The minimum Gasteiger partial charge on any atom is -0.322 e. The zero-order chi connectivity index (χ0) is 27.5. The average molecular weight is 550 g/mol. The lowest BCUT2D eigenvalue weighted by Crippen LogP contribution is -2.52. The number of nitrogens with zero attached hydrogens (tertiary/aromatic N) is 1. The van der Waals surface area contributed by atoms with Crippen molar-refractivity contribution in [2.75, 3.05) is 0 Å². The molecule has 2 aromatic carbocycles. The quantitative estimate of drug-likeness (QED) is 0.368. The first-order valence-corrected chi connectivity index (χ1v) is 15.0. The van der Waals surface area contributed by atoms with Crippen LogP contribution in [0.5, 0.6) is 0 Å². The Balaban J connectivity index is 1.09. The van der Waals surface area contributed by atoms with Crippen LogP contribution in [0.3, 0.4) is 0 Å². The van der Waals surface area contributed by atoms with Crippen LogP contribution in [0.1, 0.15) is 79.9 Å². The van der Waals surface area contributed by atoms with Crippen LogP contribution < -0.4 is 10.6 Å². The Kier molecular flexibility index (Phi) is 6.62. The molecular formula is C31H36FN3O3S. The summed E-state index contributed by atoms with van der Waals surface area (Å²) in [5.41, 5.74) is 3.65. The number of carbonyl (C=O) groups is 3. The van der Waals surface area contributed by atoms with E-state index in [0.29, 0.717) is 47.8 Å². The number of amides is 3. The summed E-state index contributed by atoms with van der Waals surface area (Å²) in [6, 6.07) is 10.9. The van der Waals surface area contributed by atoms with Crippen molar-refractivity contribution in [3.8, 4) is 0 Å². The zero-order valence-electron chi connectivity index (χ0n) is 22.8. The number of rotatable bonds is 7. The monoisotopic (exact) mass is 549 g/mol. The van der Waals surface area contributed by atoms with E-state index >= 15 is 4.39 Å². The van der Waals surface area contributed by atoms with Gasteiger partial charge in [-0.05, 0) is 71.8 Å². The second-order valence-corrected chi connectivity index (χ2v) is 13.5. The van der Waals surface area contributed by atoms with Crippen molar-refractivity contribution in [3.63, 3.8) is 0 Å². The molecule has 2 aliphatic carbocycles. The first-order valence-electron chi connectivity index (χ1n) is 14.0. The molecule has 2 N–H and O–H groups in total. The Morgan fingerprint density at radius 1 is 1.13 bits per heavy atom. The first-order chi connectivity index (χ1) is 18.6. The minimum atomic E-state index is -0.635. The van der Waals surface area contributed by atoms with Gasteiger partial charge in [-0.3, -0.25) is 19.7 Å². The maximum atomic E-state index is 15.1. The minimum absolute atomic E-state index is 0.183. The molecule has 39 heavy (non-hydrogen) atoms. The third kappa shape index (κ3) is 4.40. The number of nitrogens with one attached hydrogen (secondary N) is 2. The number of piperidine rings is 1. The van der Waals surface area contributed by atoms with E-state index in [0.717, 1.165) is 21.9 Å². The molecule has 0 aromatic heterocycles. The molecule has 6 nitrogen and oxygen atoms in total. The molecular weight excluding hydrogens is 513 g/mol. The van der Waals surface area contributed by atoms with Gasteiger partial charge in [0, 0.05) is 47.3 Å². The van der Waals surface area contributed by atoms with Crippen molar-refractivity contribution >= 4 is 29.5 Å². The van der Waals surface area contributed by atoms with Gasteiger partial charge in [0.25, 0.3) is 5.91 Å². The number of hydrogen-bond donors (Lipinski definition) is 2. The van der Waals surface area contributed by atoms with Gasteiger partial charge in [-0.25, -0.2) is 4.39 Å². The fourth-order valence-electron chi connectivity index (χ4n) is 7.42. The Hall–Kier alpha value is -2.71. The van der Waals surface area contributed by atoms with E-state index in [1.165, 1.54) is 19.3 Å². The van der Waals surface area contributed by atoms with E-state index in [1.54, 1.807) is 28.8 Å².